The zero-order chi connectivity index (χ0) is 17.6. The second kappa shape index (κ2) is 8.95. The van der Waals surface area contributed by atoms with Crippen LogP contribution < -0.4 is 5.32 Å². The molecule has 1 fully saturated rings. The molecule has 0 bridgehead atoms. The lowest BCUT2D eigenvalue weighted by Gasteiger charge is -2.28. The van der Waals surface area contributed by atoms with E-state index in [0.29, 0.717) is 6.54 Å². The summed E-state index contributed by atoms with van der Waals surface area (Å²) in [4.78, 5) is 14.8. The molecule has 0 saturated carbocycles. The zero-order valence-electron chi connectivity index (χ0n) is 14.1. The summed E-state index contributed by atoms with van der Waals surface area (Å²) in [5.74, 6) is 0.115. The number of hydrogen-bond donors (Lipinski definition) is 1. The van der Waals surface area contributed by atoms with Gasteiger partial charge in [-0.05, 0) is 55.8 Å². The summed E-state index contributed by atoms with van der Waals surface area (Å²) >= 11 is 9.42. The summed E-state index contributed by atoms with van der Waals surface area (Å²) in [7, 11) is 0. The molecule has 1 saturated heterocycles. The van der Waals surface area contributed by atoms with Gasteiger partial charge in [-0.2, -0.15) is 0 Å². The Bertz CT molecular complexity index is 697. The van der Waals surface area contributed by atoms with Gasteiger partial charge in [-0.1, -0.05) is 51.8 Å². The molecule has 2 aromatic carbocycles. The van der Waals surface area contributed by atoms with Gasteiger partial charge in [0, 0.05) is 27.6 Å². The highest BCUT2D eigenvalue weighted by molar-refractivity contribution is 9.10. The van der Waals surface area contributed by atoms with Crippen LogP contribution >= 0.6 is 27.5 Å². The monoisotopic (exact) mass is 420 g/mol. The van der Waals surface area contributed by atoms with Gasteiger partial charge in [0.15, 0.2) is 5.78 Å². The maximum absolute atomic E-state index is 12.3. The zero-order valence-corrected chi connectivity index (χ0v) is 16.4. The van der Waals surface area contributed by atoms with Crippen LogP contribution in [-0.4, -0.2) is 36.9 Å². The van der Waals surface area contributed by atoms with E-state index in [1.165, 1.54) is 18.4 Å². The van der Waals surface area contributed by atoms with Crippen molar-refractivity contribution in [2.24, 2.45) is 0 Å². The summed E-state index contributed by atoms with van der Waals surface area (Å²) in [6.07, 6.45) is 2.48. The predicted octanol–water partition coefficient (Wildman–Crippen LogP) is 4.71. The van der Waals surface area contributed by atoms with E-state index < -0.39 is 0 Å². The Balaban J connectivity index is 1.61. The van der Waals surface area contributed by atoms with Crippen molar-refractivity contribution in [1.82, 2.24) is 10.2 Å². The van der Waals surface area contributed by atoms with E-state index in [2.05, 4.69) is 38.3 Å². The second-order valence-corrected chi connectivity index (χ2v) is 7.72. The first-order valence-electron chi connectivity index (χ1n) is 8.62. The molecule has 0 spiro atoms. The van der Waals surface area contributed by atoms with E-state index >= 15 is 0 Å². The largest absolute Gasteiger partial charge is 0.308 e. The van der Waals surface area contributed by atoms with Crippen LogP contribution in [0.5, 0.6) is 0 Å². The molecule has 132 valence electrons. The van der Waals surface area contributed by atoms with Gasteiger partial charge in [-0.3, -0.25) is 9.69 Å². The number of hydrogen-bond acceptors (Lipinski definition) is 3. The molecule has 1 unspecified atom stereocenters. The second-order valence-electron chi connectivity index (χ2n) is 6.37. The van der Waals surface area contributed by atoms with Crippen molar-refractivity contribution in [3.8, 4) is 0 Å². The standard InChI is InChI=1S/C20H22BrClN2O/c21-17-7-3-16(4-8-17)20(25)14-23-13-19(24-11-1-2-12-24)15-5-9-18(22)10-6-15/h3-10,19,23H,1-2,11-14H2. The molecule has 1 aliphatic rings. The highest BCUT2D eigenvalue weighted by Gasteiger charge is 2.23. The molecule has 1 aliphatic heterocycles. The highest BCUT2D eigenvalue weighted by atomic mass is 79.9. The van der Waals surface area contributed by atoms with Crippen LogP contribution in [0.2, 0.25) is 5.02 Å². The lowest BCUT2D eigenvalue weighted by molar-refractivity contribution is 0.0987. The third kappa shape index (κ3) is 5.14. The Morgan fingerprint density at radius 2 is 1.72 bits per heavy atom. The Morgan fingerprint density at radius 1 is 1.08 bits per heavy atom. The number of Topliss-reactive ketones (excluding diaryl/α,β-unsaturated/α-hetero) is 1. The Kier molecular flexibility index (Phi) is 6.65. The Labute approximate surface area is 162 Å². The molecule has 3 nitrogen and oxygen atoms in total. The van der Waals surface area contributed by atoms with Gasteiger partial charge in [0.25, 0.3) is 0 Å². The van der Waals surface area contributed by atoms with Gasteiger partial charge in [-0.25, -0.2) is 0 Å². The minimum atomic E-state index is 0.115. The van der Waals surface area contributed by atoms with Crippen molar-refractivity contribution in [1.29, 1.82) is 0 Å². The van der Waals surface area contributed by atoms with Gasteiger partial charge in [0.1, 0.15) is 0 Å². The number of rotatable bonds is 7. The van der Waals surface area contributed by atoms with Crippen LogP contribution in [0.3, 0.4) is 0 Å². The fourth-order valence-corrected chi connectivity index (χ4v) is 3.65. The summed E-state index contributed by atoms with van der Waals surface area (Å²) in [6, 6.07) is 15.8. The average molecular weight is 422 g/mol. The first-order valence-corrected chi connectivity index (χ1v) is 9.79. The number of halogens is 2. The van der Waals surface area contributed by atoms with E-state index in [-0.39, 0.29) is 11.8 Å². The highest BCUT2D eigenvalue weighted by Crippen LogP contribution is 2.25. The van der Waals surface area contributed by atoms with Crippen molar-refractivity contribution in [3.05, 3.63) is 69.2 Å². The SMILES string of the molecule is O=C(CNCC(c1ccc(Cl)cc1)N1CCCC1)c1ccc(Br)cc1. The first kappa shape index (κ1) is 18.6. The quantitative estimate of drug-likeness (QED) is 0.657. The number of ketones is 1. The number of carbonyl (C=O) groups is 1. The third-order valence-electron chi connectivity index (χ3n) is 4.63. The number of nitrogens with zero attached hydrogens (tertiary/aromatic N) is 1. The third-order valence-corrected chi connectivity index (χ3v) is 5.41. The molecule has 0 radical (unpaired) electrons. The Morgan fingerprint density at radius 3 is 2.36 bits per heavy atom. The molecular formula is C20H22BrClN2O. The number of nitrogens with one attached hydrogen (secondary N) is 1. The van der Waals surface area contributed by atoms with Gasteiger partial charge in [0.05, 0.1) is 6.54 Å². The smallest absolute Gasteiger partial charge is 0.176 e. The van der Waals surface area contributed by atoms with Crippen LogP contribution in [0.15, 0.2) is 53.0 Å². The van der Waals surface area contributed by atoms with E-state index in [1.54, 1.807) is 0 Å². The van der Waals surface area contributed by atoms with E-state index in [4.69, 9.17) is 11.6 Å². The van der Waals surface area contributed by atoms with Crippen LogP contribution in [0.4, 0.5) is 0 Å². The van der Waals surface area contributed by atoms with E-state index in [9.17, 15) is 4.79 Å². The number of benzene rings is 2. The predicted molar refractivity (Wildman–Crippen MR) is 106 cm³/mol. The van der Waals surface area contributed by atoms with Crippen molar-refractivity contribution in [3.63, 3.8) is 0 Å². The van der Waals surface area contributed by atoms with E-state index in [1.807, 2.05) is 36.4 Å². The molecule has 0 aliphatic carbocycles. The van der Waals surface area contributed by atoms with Crippen LogP contribution in [-0.2, 0) is 0 Å². The normalized spacial score (nSPS) is 16.1. The molecule has 3 rings (SSSR count). The lowest BCUT2D eigenvalue weighted by Crippen LogP contribution is -2.36. The maximum atomic E-state index is 12.3. The van der Waals surface area contributed by atoms with E-state index in [0.717, 1.165) is 34.7 Å². The first-order chi connectivity index (χ1) is 12.1. The average Bonchev–Trinajstić information content (AvgIpc) is 3.14. The number of carbonyl (C=O) groups excluding carboxylic acids is 1. The number of likely N-dealkylation sites (tertiary alicyclic amines) is 1. The van der Waals surface area contributed by atoms with Crippen LogP contribution in [0.25, 0.3) is 0 Å². The van der Waals surface area contributed by atoms with Gasteiger partial charge in [-0.15, -0.1) is 0 Å². The van der Waals surface area contributed by atoms with Crippen LogP contribution in [0, 0.1) is 0 Å². The topological polar surface area (TPSA) is 32.3 Å². The molecule has 1 heterocycles. The fraction of sp³-hybridized carbons (Fsp3) is 0.350. The lowest BCUT2D eigenvalue weighted by atomic mass is 10.1. The minimum Gasteiger partial charge on any atom is -0.308 e. The minimum absolute atomic E-state index is 0.115. The molecule has 1 N–H and O–H groups in total. The molecule has 1 atom stereocenters. The summed E-state index contributed by atoms with van der Waals surface area (Å²) < 4.78 is 0.980. The molecule has 5 heteroatoms. The molecule has 2 aromatic rings. The van der Waals surface area contributed by atoms with Crippen molar-refractivity contribution in [2.45, 2.75) is 18.9 Å². The van der Waals surface area contributed by atoms with Gasteiger partial charge in [0.2, 0.25) is 0 Å². The summed E-state index contributed by atoms with van der Waals surface area (Å²) in [5, 5.41) is 4.10. The van der Waals surface area contributed by atoms with Crippen LogP contribution in [0.1, 0.15) is 34.8 Å². The van der Waals surface area contributed by atoms with Gasteiger partial charge < -0.3 is 5.32 Å². The molecule has 0 aromatic heterocycles. The molecule has 25 heavy (non-hydrogen) atoms. The summed E-state index contributed by atoms with van der Waals surface area (Å²) in [6.45, 7) is 3.31. The van der Waals surface area contributed by atoms with Crippen molar-refractivity contribution < 1.29 is 4.79 Å². The van der Waals surface area contributed by atoms with Crippen molar-refractivity contribution in [2.75, 3.05) is 26.2 Å². The van der Waals surface area contributed by atoms with Gasteiger partial charge >= 0.3 is 0 Å². The Hall–Kier alpha value is -1.20. The fourth-order valence-electron chi connectivity index (χ4n) is 3.26. The molecular weight excluding hydrogens is 400 g/mol. The van der Waals surface area contributed by atoms with Crippen molar-refractivity contribution >= 4 is 33.3 Å². The summed E-state index contributed by atoms with van der Waals surface area (Å²) in [5.41, 5.74) is 1.98. The molecule has 0 amide bonds. The maximum Gasteiger partial charge on any atom is 0.176 e.